The van der Waals surface area contributed by atoms with E-state index < -0.39 is 6.03 Å². The van der Waals surface area contributed by atoms with Crippen LogP contribution in [-0.2, 0) is 9.47 Å². The van der Waals surface area contributed by atoms with E-state index in [0.717, 1.165) is 4.90 Å². The van der Waals surface area contributed by atoms with Crippen molar-refractivity contribution < 1.29 is 14.3 Å². The topological polar surface area (TPSA) is 141 Å². The maximum absolute atomic E-state index is 12.3. The van der Waals surface area contributed by atoms with Crippen LogP contribution in [0, 0.1) is 22.7 Å². The summed E-state index contributed by atoms with van der Waals surface area (Å²) in [5, 5.41) is 18.3. The predicted molar refractivity (Wildman–Crippen MR) is 106 cm³/mol. The fraction of sp³-hybridized carbons (Fsp3) is 0.316. The van der Waals surface area contributed by atoms with Gasteiger partial charge in [-0.25, -0.2) is 19.7 Å². The second-order valence-electron chi connectivity index (χ2n) is 5.83. The van der Waals surface area contributed by atoms with Gasteiger partial charge in [-0.15, -0.1) is 0 Å². The molecule has 0 radical (unpaired) electrons. The van der Waals surface area contributed by atoms with E-state index in [4.69, 9.17) is 20.5 Å². The van der Waals surface area contributed by atoms with Crippen LogP contribution in [0.4, 0.5) is 22.0 Å². The van der Waals surface area contributed by atoms with Gasteiger partial charge in [0.1, 0.15) is 6.07 Å². The average Bonchev–Trinajstić information content (AvgIpc) is 2.74. The number of aromatic nitrogens is 2. The molecule has 2 N–H and O–H groups in total. The molecule has 10 nitrogen and oxygen atoms in total. The maximum Gasteiger partial charge on any atom is 0.325 e. The number of nitrogens with zero attached hydrogens (tertiary/aromatic N) is 6. The van der Waals surface area contributed by atoms with Crippen molar-refractivity contribution in [2.75, 3.05) is 50.3 Å². The first kappa shape index (κ1) is 21.6. The molecule has 2 rings (SSSR count). The second-order valence-corrected chi connectivity index (χ2v) is 5.83. The molecule has 0 aliphatic carbocycles. The Kier molecular flexibility index (Phi) is 7.86. The van der Waals surface area contributed by atoms with Gasteiger partial charge in [0, 0.05) is 27.3 Å². The molecule has 29 heavy (non-hydrogen) atoms. The molecular weight excluding hydrogens is 374 g/mol. The Labute approximate surface area is 168 Å². The van der Waals surface area contributed by atoms with Crippen LogP contribution in [0.25, 0.3) is 0 Å². The summed E-state index contributed by atoms with van der Waals surface area (Å²) in [5.41, 5.74) is 7.09. The number of nitriles is 2. The van der Waals surface area contributed by atoms with E-state index in [1.54, 1.807) is 32.4 Å². The Morgan fingerprint density at radius 1 is 1.07 bits per heavy atom. The zero-order chi connectivity index (χ0) is 21.2. The fourth-order valence-electron chi connectivity index (χ4n) is 2.64. The molecule has 0 aliphatic heterocycles. The van der Waals surface area contributed by atoms with E-state index in [2.05, 4.69) is 16.0 Å². The molecular formula is C19H21N7O3. The average molecular weight is 395 g/mol. The van der Waals surface area contributed by atoms with E-state index in [1.807, 2.05) is 11.0 Å². The summed E-state index contributed by atoms with van der Waals surface area (Å²) in [6.45, 7) is 1.92. The number of urea groups is 1. The molecule has 2 aromatic rings. The molecule has 2 amide bonds. The highest BCUT2D eigenvalue weighted by Crippen LogP contribution is 2.34. The number of rotatable bonds is 9. The van der Waals surface area contributed by atoms with Gasteiger partial charge < -0.3 is 20.1 Å². The molecule has 1 heterocycles. The van der Waals surface area contributed by atoms with Crippen molar-refractivity contribution in [3.8, 4) is 12.1 Å². The third kappa shape index (κ3) is 5.39. The summed E-state index contributed by atoms with van der Waals surface area (Å²) in [5.74, 6) is 0.131. The van der Waals surface area contributed by atoms with Crippen molar-refractivity contribution in [3.63, 3.8) is 0 Å². The van der Waals surface area contributed by atoms with Crippen LogP contribution < -0.4 is 15.5 Å². The lowest BCUT2D eigenvalue weighted by Gasteiger charge is -2.30. The van der Waals surface area contributed by atoms with Crippen LogP contribution in [0.5, 0.6) is 0 Å². The lowest BCUT2D eigenvalue weighted by Crippen LogP contribution is -2.36. The number of carbonyl (C=O) groups is 1. The van der Waals surface area contributed by atoms with Gasteiger partial charge >= 0.3 is 6.03 Å². The Morgan fingerprint density at radius 3 is 2.24 bits per heavy atom. The summed E-state index contributed by atoms with van der Waals surface area (Å²) in [4.78, 5) is 23.5. The summed E-state index contributed by atoms with van der Waals surface area (Å²) >= 11 is 0. The minimum atomic E-state index is -0.807. The van der Waals surface area contributed by atoms with Crippen LogP contribution in [0.1, 0.15) is 11.3 Å². The van der Waals surface area contributed by atoms with Crippen molar-refractivity contribution in [1.82, 2.24) is 9.97 Å². The number of ether oxygens (including phenoxy) is 2. The molecule has 0 fully saturated rings. The minimum Gasteiger partial charge on any atom is -0.383 e. The summed E-state index contributed by atoms with van der Waals surface area (Å²) in [6.07, 6.45) is 2.52. The highest BCUT2D eigenvalue weighted by atomic mass is 16.5. The van der Waals surface area contributed by atoms with Crippen LogP contribution in [0.15, 0.2) is 30.6 Å². The first-order chi connectivity index (χ1) is 14.0. The number of hydrogen-bond acceptors (Lipinski definition) is 8. The molecule has 0 aliphatic rings. The standard InChI is InChI=1S/C19H21N7O3/c1-28-7-5-25(6-8-29-2)16-4-3-14(10-20)9-17(16)26(19(22)27)18-13-23-15(11-21)12-24-18/h3-4,9,12-13H,5-8H2,1-2H3,(H2,22,27). The van der Waals surface area contributed by atoms with Gasteiger partial charge in [0.05, 0.1) is 48.6 Å². The van der Waals surface area contributed by atoms with Gasteiger partial charge in [0.25, 0.3) is 0 Å². The van der Waals surface area contributed by atoms with E-state index >= 15 is 0 Å². The van der Waals surface area contributed by atoms with Gasteiger partial charge in [-0.2, -0.15) is 10.5 Å². The lowest BCUT2D eigenvalue weighted by molar-refractivity contribution is 0.190. The molecule has 0 spiro atoms. The zero-order valence-corrected chi connectivity index (χ0v) is 16.2. The first-order valence-corrected chi connectivity index (χ1v) is 8.64. The van der Waals surface area contributed by atoms with Crippen LogP contribution in [0.3, 0.4) is 0 Å². The summed E-state index contributed by atoms with van der Waals surface area (Å²) < 4.78 is 10.4. The van der Waals surface area contributed by atoms with E-state index in [0.29, 0.717) is 43.2 Å². The van der Waals surface area contributed by atoms with Gasteiger partial charge in [-0.3, -0.25) is 0 Å². The van der Waals surface area contributed by atoms with Crippen LogP contribution >= 0.6 is 0 Å². The molecule has 0 unspecified atom stereocenters. The molecule has 1 aromatic carbocycles. The SMILES string of the molecule is COCCN(CCOC)c1ccc(C#N)cc1N(C(N)=O)c1cnc(C#N)cn1. The van der Waals surface area contributed by atoms with Crippen molar-refractivity contribution in [2.24, 2.45) is 5.73 Å². The Hall–Kier alpha value is -3.73. The number of benzene rings is 1. The molecule has 0 saturated heterocycles. The number of primary amides is 1. The Bertz CT molecular complexity index is 911. The largest absolute Gasteiger partial charge is 0.383 e. The Balaban J connectivity index is 2.59. The van der Waals surface area contributed by atoms with Crippen molar-refractivity contribution in [2.45, 2.75) is 0 Å². The molecule has 150 valence electrons. The third-order valence-electron chi connectivity index (χ3n) is 4.02. The van der Waals surface area contributed by atoms with Crippen molar-refractivity contribution >= 4 is 23.2 Å². The molecule has 0 bridgehead atoms. The number of carbonyl (C=O) groups excluding carboxylic acids is 1. The normalized spacial score (nSPS) is 10.1. The summed E-state index contributed by atoms with van der Waals surface area (Å²) in [6, 6.07) is 8.04. The number of anilines is 3. The molecule has 0 atom stereocenters. The monoisotopic (exact) mass is 395 g/mol. The number of nitrogens with two attached hydrogens (primary N) is 1. The number of methoxy groups -OCH3 is 2. The van der Waals surface area contributed by atoms with Crippen LogP contribution in [-0.4, -0.2) is 56.5 Å². The Morgan fingerprint density at radius 2 is 1.76 bits per heavy atom. The number of hydrogen-bond donors (Lipinski definition) is 1. The van der Waals surface area contributed by atoms with Crippen molar-refractivity contribution in [3.05, 3.63) is 41.9 Å². The minimum absolute atomic E-state index is 0.103. The van der Waals surface area contributed by atoms with Gasteiger partial charge in [-0.05, 0) is 18.2 Å². The zero-order valence-electron chi connectivity index (χ0n) is 16.2. The third-order valence-corrected chi connectivity index (χ3v) is 4.02. The van der Waals surface area contributed by atoms with Gasteiger partial charge in [-0.1, -0.05) is 0 Å². The fourth-order valence-corrected chi connectivity index (χ4v) is 2.64. The molecule has 0 saturated carbocycles. The predicted octanol–water partition coefficient (Wildman–Crippen LogP) is 1.54. The molecule has 10 heteroatoms. The first-order valence-electron chi connectivity index (χ1n) is 8.64. The summed E-state index contributed by atoms with van der Waals surface area (Å²) in [7, 11) is 3.19. The maximum atomic E-state index is 12.3. The van der Waals surface area contributed by atoms with E-state index in [1.165, 1.54) is 12.4 Å². The lowest BCUT2D eigenvalue weighted by atomic mass is 10.1. The van der Waals surface area contributed by atoms with Gasteiger partial charge in [0.2, 0.25) is 0 Å². The van der Waals surface area contributed by atoms with Crippen LogP contribution in [0.2, 0.25) is 0 Å². The van der Waals surface area contributed by atoms with E-state index in [-0.39, 0.29) is 11.5 Å². The van der Waals surface area contributed by atoms with Crippen molar-refractivity contribution in [1.29, 1.82) is 10.5 Å². The second kappa shape index (κ2) is 10.6. The quantitative estimate of drug-likeness (QED) is 0.674. The van der Waals surface area contributed by atoms with Gasteiger partial charge in [0.15, 0.2) is 11.5 Å². The van der Waals surface area contributed by atoms with E-state index in [9.17, 15) is 10.1 Å². The molecule has 1 aromatic heterocycles. The number of amides is 2. The smallest absolute Gasteiger partial charge is 0.325 e. The highest BCUT2D eigenvalue weighted by molar-refractivity contribution is 6.01. The highest BCUT2D eigenvalue weighted by Gasteiger charge is 2.23.